The Kier molecular flexibility index (Phi) is 5.83. The summed E-state index contributed by atoms with van der Waals surface area (Å²) in [5.41, 5.74) is 1.38. The average Bonchev–Trinajstić information content (AvgIpc) is 2.21. The van der Waals surface area contributed by atoms with Crippen LogP contribution in [0, 0.1) is 0 Å². The molecular formula is C11H17BrN2. The Labute approximate surface area is 94.2 Å². The standard InChI is InChI=1S/C11H17BrN2/c1-13-8-9-14-7-6-10-2-4-11(12)5-3-10/h2-5,13-14H,6-9H2,1H3. The highest BCUT2D eigenvalue weighted by Crippen LogP contribution is 2.10. The van der Waals surface area contributed by atoms with E-state index in [0.29, 0.717) is 0 Å². The number of hydrogen-bond donors (Lipinski definition) is 2. The fourth-order valence-electron chi connectivity index (χ4n) is 1.22. The molecule has 0 aliphatic carbocycles. The van der Waals surface area contributed by atoms with Gasteiger partial charge in [-0.3, -0.25) is 0 Å². The van der Waals surface area contributed by atoms with Crippen LogP contribution >= 0.6 is 15.9 Å². The molecule has 0 heterocycles. The number of halogens is 1. The molecule has 0 saturated heterocycles. The molecule has 2 N–H and O–H groups in total. The van der Waals surface area contributed by atoms with Crippen molar-refractivity contribution in [1.29, 1.82) is 0 Å². The average molecular weight is 257 g/mol. The van der Waals surface area contributed by atoms with Crippen LogP contribution in [0.1, 0.15) is 5.56 Å². The molecule has 1 rings (SSSR count). The zero-order valence-electron chi connectivity index (χ0n) is 8.52. The van der Waals surface area contributed by atoms with E-state index in [1.165, 1.54) is 5.56 Å². The Hall–Kier alpha value is -0.380. The molecule has 0 bridgehead atoms. The first-order chi connectivity index (χ1) is 6.83. The Morgan fingerprint density at radius 3 is 2.43 bits per heavy atom. The third-order valence-corrected chi connectivity index (χ3v) is 2.58. The van der Waals surface area contributed by atoms with E-state index in [4.69, 9.17) is 0 Å². The van der Waals surface area contributed by atoms with Crippen LogP contribution in [0.3, 0.4) is 0 Å². The van der Waals surface area contributed by atoms with Gasteiger partial charge in [0, 0.05) is 17.6 Å². The van der Waals surface area contributed by atoms with Gasteiger partial charge in [0.15, 0.2) is 0 Å². The summed E-state index contributed by atoms with van der Waals surface area (Å²) in [6.07, 6.45) is 1.09. The predicted octanol–water partition coefficient (Wildman–Crippen LogP) is 1.80. The number of likely N-dealkylation sites (N-methyl/N-ethyl adjacent to an activating group) is 1. The van der Waals surface area contributed by atoms with E-state index >= 15 is 0 Å². The van der Waals surface area contributed by atoms with Crippen molar-refractivity contribution >= 4 is 15.9 Å². The van der Waals surface area contributed by atoms with E-state index in [-0.39, 0.29) is 0 Å². The molecule has 14 heavy (non-hydrogen) atoms. The molecule has 0 fully saturated rings. The molecule has 2 nitrogen and oxygen atoms in total. The van der Waals surface area contributed by atoms with Gasteiger partial charge in [-0.1, -0.05) is 28.1 Å². The summed E-state index contributed by atoms with van der Waals surface area (Å²) < 4.78 is 1.14. The second-order valence-corrected chi connectivity index (χ2v) is 4.15. The summed E-state index contributed by atoms with van der Waals surface area (Å²) in [5, 5.41) is 6.48. The minimum atomic E-state index is 1.03. The molecule has 0 aliphatic heterocycles. The summed E-state index contributed by atoms with van der Waals surface area (Å²) in [5.74, 6) is 0. The van der Waals surface area contributed by atoms with Crippen molar-refractivity contribution in [1.82, 2.24) is 10.6 Å². The van der Waals surface area contributed by atoms with Gasteiger partial charge in [-0.25, -0.2) is 0 Å². The van der Waals surface area contributed by atoms with Gasteiger partial charge in [-0.05, 0) is 37.7 Å². The van der Waals surface area contributed by atoms with Crippen LogP contribution in [0.25, 0.3) is 0 Å². The summed E-state index contributed by atoms with van der Waals surface area (Å²) in [4.78, 5) is 0. The van der Waals surface area contributed by atoms with E-state index in [9.17, 15) is 0 Å². The van der Waals surface area contributed by atoms with Crippen molar-refractivity contribution in [3.05, 3.63) is 34.3 Å². The highest BCUT2D eigenvalue weighted by Gasteiger charge is 1.92. The molecular weight excluding hydrogens is 240 g/mol. The van der Waals surface area contributed by atoms with Gasteiger partial charge in [-0.15, -0.1) is 0 Å². The lowest BCUT2D eigenvalue weighted by molar-refractivity contribution is 0.649. The Bertz CT molecular complexity index is 246. The van der Waals surface area contributed by atoms with Crippen LogP contribution < -0.4 is 10.6 Å². The van der Waals surface area contributed by atoms with E-state index < -0.39 is 0 Å². The van der Waals surface area contributed by atoms with Gasteiger partial charge in [0.05, 0.1) is 0 Å². The Morgan fingerprint density at radius 1 is 1.07 bits per heavy atom. The van der Waals surface area contributed by atoms with Crippen LogP contribution in [0.15, 0.2) is 28.7 Å². The minimum absolute atomic E-state index is 1.03. The summed E-state index contributed by atoms with van der Waals surface area (Å²) in [6, 6.07) is 8.49. The SMILES string of the molecule is CNCCNCCc1ccc(Br)cc1. The van der Waals surface area contributed by atoms with Gasteiger partial charge >= 0.3 is 0 Å². The fraction of sp³-hybridized carbons (Fsp3) is 0.455. The van der Waals surface area contributed by atoms with E-state index in [2.05, 4.69) is 50.8 Å². The monoisotopic (exact) mass is 256 g/mol. The van der Waals surface area contributed by atoms with E-state index in [1.54, 1.807) is 0 Å². The second kappa shape index (κ2) is 6.98. The molecule has 0 atom stereocenters. The molecule has 0 aromatic heterocycles. The number of nitrogens with one attached hydrogen (secondary N) is 2. The zero-order valence-corrected chi connectivity index (χ0v) is 10.1. The highest BCUT2D eigenvalue weighted by atomic mass is 79.9. The number of hydrogen-bond acceptors (Lipinski definition) is 2. The van der Waals surface area contributed by atoms with E-state index in [0.717, 1.165) is 30.5 Å². The number of benzene rings is 1. The van der Waals surface area contributed by atoms with Gasteiger partial charge in [0.2, 0.25) is 0 Å². The lowest BCUT2D eigenvalue weighted by atomic mass is 10.1. The Morgan fingerprint density at radius 2 is 1.79 bits per heavy atom. The predicted molar refractivity (Wildman–Crippen MR) is 64.6 cm³/mol. The molecule has 0 amide bonds. The normalized spacial score (nSPS) is 10.4. The molecule has 0 spiro atoms. The van der Waals surface area contributed by atoms with Gasteiger partial charge in [0.1, 0.15) is 0 Å². The van der Waals surface area contributed by atoms with Crippen LogP contribution in [0.5, 0.6) is 0 Å². The second-order valence-electron chi connectivity index (χ2n) is 3.23. The van der Waals surface area contributed by atoms with Crippen molar-refractivity contribution < 1.29 is 0 Å². The van der Waals surface area contributed by atoms with Crippen molar-refractivity contribution in [3.8, 4) is 0 Å². The number of rotatable bonds is 6. The van der Waals surface area contributed by atoms with Crippen molar-refractivity contribution in [2.75, 3.05) is 26.7 Å². The zero-order chi connectivity index (χ0) is 10.2. The molecule has 1 aromatic carbocycles. The van der Waals surface area contributed by atoms with Crippen LogP contribution in [-0.2, 0) is 6.42 Å². The molecule has 0 radical (unpaired) electrons. The van der Waals surface area contributed by atoms with Crippen LogP contribution in [-0.4, -0.2) is 26.7 Å². The topological polar surface area (TPSA) is 24.1 Å². The first-order valence-electron chi connectivity index (χ1n) is 4.92. The third-order valence-electron chi connectivity index (χ3n) is 2.06. The minimum Gasteiger partial charge on any atom is -0.318 e. The molecule has 0 unspecified atom stereocenters. The highest BCUT2D eigenvalue weighted by molar-refractivity contribution is 9.10. The largest absolute Gasteiger partial charge is 0.318 e. The van der Waals surface area contributed by atoms with E-state index in [1.807, 2.05) is 7.05 Å². The summed E-state index contributed by atoms with van der Waals surface area (Å²) in [6.45, 7) is 3.11. The summed E-state index contributed by atoms with van der Waals surface area (Å²) >= 11 is 3.42. The first-order valence-corrected chi connectivity index (χ1v) is 5.72. The Balaban J connectivity index is 2.15. The smallest absolute Gasteiger partial charge is 0.0175 e. The summed E-state index contributed by atoms with van der Waals surface area (Å²) in [7, 11) is 1.97. The molecule has 1 aromatic rings. The van der Waals surface area contributed by atoms with Gasteiger partial charge in [0.25, 0.3) is 0 Å². The maximum absolute atomic E-state index is 3.42. The maximum Gasteiger partial charge on any atom is 0.0175 e. The van der Waals surface area contributed by atoms with Crippen LogP contribution in [0.2, 0.25) is 0 Å². The van der Waals surface area contributed by atoms with Crippen molar-refractivity contribution in [2.45, 2.75) is 6.42 Å². The van der Waals surface area contributed by atoms with Gasteiger partial charge in [-0.2, -0.15) is 0 Å². The van der Waals surface area contributed by atoms with Crippen LogP contribution in [0.4, 0.5) is 0 Å². The lowest BCUT2D eigenvalue weighted by Crippen LogP contribution is -2.26. The third kappa shape index (κ3) is 4.74. The van der Waals surface area contributed by atoms with Gasteiger partial charge < -0.3 is 10.6 Å². The van der Waals surface area contributed by atoms with Crippen molar-refractivity contribution in [3.63, 3.8) is 0 Å². The van der Waals surface area contributed by atoms with Crippen molar-refractivity contribution in [2.24, 2.45) is 0 Å². The molecule has 3 heteroatoms. The maximum atomic E-state index is 3.42. The molecule has 0 aliphatic rings. The first kappa shape index (κ1) is 11.7. The molecule has 0 saturated carbocycles. The molecule has 78 valence electrons. The quantitative estimate of drug-likeness (QED) is 0.759. The fourth-order valence-corrected chi connectivity index (χ4v) is 1.49. The lowest BCUT2D eigenvalue weighted by Gasteiger charge is -2.04.